The van der Waals surface area contributed by atoms with E-state index in [9.17, 15) is 5.11 Å². The number of aryl methyl sites for hydroxylation is 3. The Bertz CT molecular complexity index is 1210. The summed E-state index contributed by atoms with van der Waals surface area (Å²) in [6.07, 6.45) is 0. The van der Waals surface area contributed by atoms with Gasteiger partial charge in [0.2, 0.25) is 5.95 Å². The normalized spacial score (nSPS) is 11.5. The van der Waals surface area contributed by atoms with Gasteiger partial charge in [0.15, 0.2) is 5.65 Å². The van der Waals surface area contributed by atoms with Crippen LogP contribution in [-0.2, 0) is 0 Å². The van der Waals surface area contributed by atoms with E-state index in [4.69, 9.17) is 16.5 Å². The minimum absolute atomic E-state index is 0.1000. The van der Waals surface area contributed by atoms with Gasteiger partial charge in [-0.25, -0.2) is 4.98 Å². The summed E-state index contributed by atoms with van der Waals surface area (Å²) in [4.78, 5) is 13.4. The van der Waals surface area contributed by atoms with Crippen molar-refractivity contribution in [3.63, 3.8) is 0 Å². The monoisotopic (exact) mass is 348 g/mol. The average molecular weight is 348 g/mol. The predicted octanol–water partition coefficient (Wildman–Crippen LogP) is 3.07. The van der Waals surface area contributed by atoms with Gasteiger partial charge in [-0.15, -0.1) is 0 Å². The third-order valence-electron chi connectivity index (χ3n) is 4.90. The molecule has 5 N–H and O–H groups in total. The van der Waals surface area contributed by atoms with Crippen LogP contribution in [0.2, 0.25) is 0 Å². The molecule has 0 unspecified atom stereocenters. The molecule has 4 aromatic rings. The van der Waals surface area contributed by atoms with E-state index in [-0.39, 0.29) is 11.7 Å². The van der Waals surface area contributed by atoms with Crippen LogP contribution in [-0.4, -0.2) is 24.6 Å². The quantitative estimate of drug-likeness (QED) is 0.487. The molecule has 0 aliphatic carbocycles. The van der Waals surface area contributed by atoms with Crippen LogP contribution in [0, 0.1) is 27.7 Å². The van der Waals surface area contributed by atoms with Gasteiger partial charge in [0.05, 0.1) is 11.1 Å². The number of nitrogens with two attached hydrogens (primary N) is 2. The molecule has 0 fully saturated rings. The summed E-state index contributed by atoms with van der Waals surface area (Å²) in [5, 5.41) is 11.8. The first-order valence-corrected chi connectivity index (χ1v) is 8.30. The summed E-state index contributed by atoms with van der Waals surface area (Å²) in [5.41, 5.74) is 17.9. The number of anilines is 2. The Morgan fingerprint density at radius 1 is 0.923 bits per heavy atom. The zero-order valence-corrected chi connectivity index (χ0v) is 15.1. The first kappa shape index (κ1) is 16.1. The molecule has 0 aliphatic rings. The molecule has 26 heavy (non-hydrogen) atoms. The van der Waals surface area contributed by atoms with Crippen molar-refractivity contribution in [2.24, 2.45) is 0 Å². The lowest BCUT2D eigenvalue weighted by Gasteiger charge is -2.14. The van der Waals surface area contributed by atoms with Gasteiger partial charge < -0.3 is 16.6 Å². The Morgan fingerprint density at radius 2 is 1.65 bits per heavy atom. The largest absolute Gasteiger partial charge is 0.508 e. The average Bonchev–Trinajstić information content (AvgIpc) is 2.86. The van der Waals surface area contributed by atoms with E-state index >= 15 is 0 Å². The molecule has 0 saturated carbocycles. The number of phenols is 1. The van der Waals surface area contributed by atoms with Crippen molar-refractivity contribution in [3.05, 3.63) is 40.6 Å². The van der Waals surface area contributed by atoms with E-state index in [1.165, 1.54) is 0 Å². The summed E-state index contributed by atoms with van der Waals surface area (Å²) in [5.74, 6) is 0.624. The number of pyridine rings is 1. The molecule has 1 aromatic carbocycles. The standard InChI is InChI=1S/C19H20N6O/c1-8-5-6-13(26)10(3)15(8)25-17-12(7-9(2)11(4)22-17)14-16(20)23-19(21)24-18(14)25/h5-7,26H,1-4H3,(H4,20,21,23,24). The molecule has 4 rings (SSSR count). The summed E-state index contributed by atoms with van der Waals surface area (Å²) in [7, 11) is 0. The number of nitrogen functional groups attached to an aromatic ring is 2. The second-order valence-electron chi connectivity index (χ2n) is 6.64. The molecule has 0 radical (unpaired) electrons. The highest BCUT2D eigenvalue weighted by molar-refractivity contribution is 6.12. The molecular weight excluding hydrogens is 328 g/mol. The van der Waals surface area contributed by atoms with Gasteiger partial charge in [-0.1, -0.05) is 6.07 Å². The maximum Gasteiger partial charge on any atom is 0.224 e. The van der Waals surface area contributed by atoms with Crippen LogP contribution >= 0.6 is 0 Å². The van der Waals surface area contributed by atoms with Crippen LogP contribution in [0.1, 0.15) is 22.4 Å². The lowest BCUT2D eigenvalue weighted by Crippen LogP contribution is -2.05. The van der Waals surface area contributed by atoms with Crippen LogP contribution in [0.4, 0.5) is 11.8 Å². The SMILES string of the molecule is Cc1cc2c3c(N)nc(N)nc3n(-c3c(C)ccc(O)c3C)c2nc1C. The number of hydrogen-bond donors (Lipinski definition) is 3. The summed E-state index contributed by atoms with van der Waals surface area (Å²) >= 11 is 0. The summed E-state index contributed by atoms with van der Waals surface area (Å²) < 4.78 is 1.91. The Morgan fingerprint density at radius 3 is 2.38 bits per heavy atom. The number of aromatic hydroxyl groups is 1. The molecule has 0 bridgehead atoms. The van der Waals surface area contributed by atoms with Gasteiger partial charge in [-0.05, 0) is 51.0 Å². The van der Waals surface area contributed by atoms with Gasteiger partial charge in [0, 0.05) is 16.6 Å². The highest BCUT2D eigenvalue weighted by Crippen LogP contribution is 2.37. The molecule has 0 amide bonds. The maximum absolute atomic E-state index is 10.3. The first-order valence-electron chi connectivity index (χ1n) is 8.30. The fourth-order valence-electron chi connectivity index (χ4n) is 3.43. The van der Waals surface area contributed by atoms with Crippen molar-refractivity contribution in [2.75, 3.05) is 11.5 Å². The van der Waals surface area contributed by atoms with Gasteiger partial charge in [-0.3, -0.25) is 4.57 Å². The summed E-state index contributed by atoms with van der Waals surface area (Å²) in [6.45, 7) is 7.81. The molecule has 0 saturated heterocycles. The van der Waals surface area contributed by atoms with Crippen LogP contribution in [0.5, 0.6) is 5.75 Å². The van der Waals surface area contributed by atoms with Crippen molar-refractivity contribution in [1.29, 1.82) is 0 Å². The van der Waals surface area contributed by atoms with Gasteiger partial charge in [-0.2, -0.15) is 9.97 Å². The Kier molecular flexibility index (Phi) is 3.30. The molecule has 0 atom stereocenters. The fourth-order valence-corrected chi connectivity index (χ4v) is 3.43. The topological polar surface area (TPSA) is 116 Å². The fraction of sp³-hybridized carbons (Fsp3) is 0.211. The Hall–Kier alpha value is -3.35. The van der Waals surface area contributed by atoms with Crippen molar-refractivity contribution in [1.82, 2.24) is 19.5 Å². The number of rotatable bonds is 1. The van der Waals surface area contributed by atoms with Crippen molar-refractivity contribution >= 4 is 33.8 Å². The Labute approximate surface area is 150 Å². The number of nitrogens with zero attached hydrogens (tertiary/aromatic N) is 4. The number of hydrogen-bond acceptors (Lipinski definition) is 6. The van der Waals surface area contributed by atoms with E-state index in [2.05, 4.69) is 9.97 Å². The number of aromatic nitrogens is 4. The highest BCUT2D eigenvalue weighted by atomic mass is 16.3. The molecule has 7 heteroatoms. The minimum atomic E-state index is 0.1000. The van der Waals surface area contributed by atoms with E-state index < -0.39 is 0 Å². The number of fused-ring (bicyclic) bond motifs is 3. The van der Waals surface area contributed by atoms with E-state index in [1.807, 2.05) is 44.4 Å². The van der Waals surface area contributed by atoms with Crippen molar-refractivity contribution in [2.45, 2.75) is 27.7 Å². The third-order valence-corrected chi connectivity index (χ3v) is 4.90. The van der Waals surface area contributed by atoms with Crippen molar-refractivity contribution in [3.8, 4) is 11.4 Å². The number of phenolic OH excluding ortho intramolecular Hbond substituents is 1. The summed E-state index contributed by atoms with van der Waals surface area (Å²) in [6, 6.07) is 5.59. The van der Waals surface area contributed by atoms with Crippen LogP contribution in [0.15, 0.2) is 18.2 Å². The Balaban J connectivity index is 2.32. The lowest BCUT2D eigenvalue weighted by molar-refractivity contribution is 0.470. The maximum atomic E-state index is 10.3. The van der Waals surface area contributed by atoms with Crippen LogP contribution < -0.4 is 11.5 Å². The second-order valence-corrected chi connectivity index (χ2v) is 6.64. The van der Waals surface area contributed by atoms with Gasteiger partial charge in [0.25, 0.3) is 0 Å². The second kappa shape index (κ2) is 5.32. The predicted molar refractivity (Wildman–Crippen MR) is 104 cm³/mol. The van der Waals surface area contributed by atoms with Crippen molar-refractivity contribution < 1.29 is 5.11 Å². The first-order chi connectivity index (χ1) is 12.3. The van der Waals surface area contributed by atoms with Crippen LogP contribution in [0.25, 0.3) is 27.8 Å². The zero-order chi connectivity index (χ0) is 18.7. The third kappa shape index (κ3) is 2.10. The molecule has 3 aromatic heterocycles. The lowest BCUT2D eigenvalue weighted by atomic mass is 10.1. The van der Waals surface area contributed by atoms with E-state index in [0.29, 0.717) is 22.5 Å². The molecular formula is C19H20N6O. The molecule has 3 heterocycles. The molecule has 7 nitrogen and oxygen atoms in total. The molecule has 132 valence electrons. The van der Waals surface area contributed by atoms with E-state index in [1.54, 1.807) is 6.07 Å². The zero-order valence-electron chi connectivity index (χ0n) is 15.1. The van der Waals surface area contributed by atoms with E-state index in [0.717, 1.165) is 33.5 Å². The smallest absolute Gasteiger partial charge is 0.224 e. The molecule has 0 aliphatic heterocycles. The number of benzene rings is 1. The molecule has 0 spiro atoms. The minimum Gasteiger partial charge on any atom is -0.508 e. The van der Waals surface area contributed by atoms with Gasteiger partial charge >= 0.3 is 0 Å². The van der Waals surface area contributed by atoms with Crippen LogP contribution in [0.3, 0.4) is 0 Å². The van der Waals surface area contributed by atoms with Gasteiger partial charge in [0.1, 0.15) is 17.2 Å². The highest BCUT2D eigenvalue weighted by Gasteiger charge is 2.22.